The number of carbonyl (C=O) groups excluding carboxylic acids is 2. The first-order valence-corrected chi connectivity index (χ1v) is 12.6. The fraction of sp³-hybridized carbons (Fsp3) is 0.417. The van der Waals surface area contributed by atoms with E-state index < -0.39 is 0 Å². The molecule has 0 unspecified atom stereocenters. The number of nitrogens with one attached hydrogen (secondary N) is 1. The Bertz CT molecular complexity index is 1180. The molecule has 2 aliphatic rings. The van der Waals surface area contributed by atoms with E-state index >= 15 is 0 Å². The minimum atomic E-state index is -0.0943. The predicted octanol–water partition coefficient (Wildman–Crippen LogP) is 5.63. The maximum atomic E-state index is 12.6. The molecule has 0 aliphatic heterocycles. The van der Waals surface area contributed by atoms with Crippen LogP contribution in [0.15, 0.2) is 29.3 Å². The number of anilines is 1. The summed E-state index contributed by atoms with van der Waals surface area (Å²) in [4.78, 5) is 36.6. The quantitative estimate of drug-likeness (QED) is 0.299. The van der Waals surface area contributed by atoms with Gasteiger partial charge in [-0.25, -0.2) is 9.97 Å². The summed E-state index contributed by atoms with van der Waals surface area (Å²) in [6.07, 6.45) is 5.70. The van der Waals surface area contributed by atoms with Crippen LogP contribution in [0.25, 0.3) is 10.2 Å². The largest absolute Gasteiger partial charge is 0.325 e. The Hall–Kier alpha value is -2.25. The van der Waals surface area contributed by atoms with E-state index in [0.717, 1.165) is 41.4 Å². The van der Waals surface area contributed by atoms with E-state index in [0.29, 0.717) is 23.1 Å². The molecule has 1 N–H and O–H groups in total. The van der Waals surface area contributed by atoms with Crippen LogP contribution in [0, 0.1) is 5.92 Å². The van der Waals surface area contributed by atoms with Crippen molar-refractivity contribution in [2.24, 2.45) is 5.92 Å². The minimum Gasteiger partial charge on any atom is -0.325 e. The fourth-order valence-corrected chi connectivity index (χ4v) is 6.42. The van der Waals surface area contributed by atoms with Crippen LogP contribution in [-0.2, 0) is 17.6 Å². The number of aromatic nitrogens is 2. The number of ketones is 1. The summed E-state index contributed by atoms with van der Waals surface area (Å²) in [5.41, 5.74) is 2.64. The summed E-state index contributed by atoms with van der Waals surface area (Å²) >= 11 is 3.32. The zero-order valence-electron chi connectivity index (χ0n) is 17.7. The molecule has 7 heteroatoms. The van der Waals surface area contributed by atoms with Gasteiger partial charge in [0.15, 0.2) is 5.78 Å². The summed E-state index contributed by atoms with van der Waals surface area (Å²) in [5, 5.41) is 5.04. The number of amides is 1. The third kappa shape index (κ3) is 4.39. The molecule has 1 saturated carbocycles. The molecular weight excluding hydrogens is 426 g/mol. The maximum absolute atomic E-state index is 12.6. The lowest BCUT2D eigenvalue weighted by Crippen LogP contribution is -2.14. The number of fused-ring (bicyclic) bond motifs is 3. The van der Waals surface area contributed by atoms with Crippen LogP contribution in [0.1, 0.15) is 65.7 Å². The van der Waals surface area contributed by atoms with E-state index in [4.69, 9.17) is 9.97 Å². The molecule has 0 spiro atoms. The summed E-state index contributed by atoms with van der Waals surface area (Å²) in [6.45, 7) is 3.84. The number of hydrogen-bond donors (Lipinski definition) is 1. The number of thiophene rings is 1. The lowest BCUT2D eigenvalue weighted by Gasteiger charge is -2.18. The Labute approximate surface area is 190 Å². The van der Waals surface area contributed by atoms with Crippen LogP contribution in [-0.4, -0.2) is 27.4 Å². The highest BCUT2D eigenvalue weighted by Crippen LogP contribution is 2.44. The van der Waals surface area contributed by atoms with Crippen molar-refractivity contribution in [1.82, 2.24) is 9.97 Å². The van der Waals surface area contributed by atoms with Crippen molar-refractivity contribution in [2.45, 2.75) is 56.9 Å². The summed E-state index contributed by atoms with van der Waals surface area (Å²) in [6, 6.07) is 7.06. The second-order valence-electron chi connectivity index (χ2n) is 8.67. The molecule has 160 valence electrons. The third-order valence-electron chi connectivity index (χ3n) is 5.97. The van der Waals surface area contributed by atoms with Crippen molar-refractivity contribution < 1.29 is 9.59 Å². The highest BCUT2D eigenvalue weighted by molar-refractivity contribution is 8.00. The van der Waals surface area contributed by atoms with Gasteiger partial charge in [0.2, 0.25) is 5.91 Å². The Kier molecular flexibility index (Phi) is 5.56. The van der Waals surface area contributed by atoms with Crippen molar-refractivity contribution in [3.63, 3.8) is 0 Å². The number of aryl methyl sites for hydroxylation is 1. The van der Waals surface area contributed by atoms with E-state index in [1.807, 2.05) is 11.3 Å². The van der Waals surface area contributed by atoms with Crippen LogP contribution in [0.4, 0.5) is 5.69 Å². The average Bonchev–Trinajstić information content (AvgIpc) is 3.53. The molecular formula is C24H25N3O2S2. The first-order chi connectivity index (χ1) is 15.0. The molecule has 1 aromatic carbocycles. The van der Waals surface area contributed by atoms with Gasteiger partial charge in [-0.05, 0) is 62.6 Å². The normalized spacial score (nSPS) is 18.1. The Balaban J connectivity index is 1.38. The van der Waals surface area contributed by atoms with E-state index in [9.17, 15) is 9.59 Å². The fourth-order valence-electron chi connectivity index (χ4n) is 4.10. The molecule has 0 radical (unpaired) electrons. The van der Waals surface area contributed by atoms with E-state index in [1.54, 1.807) is 24.3 Å². The van der Waals surface area contributed by atoms with Crippen molar-refractivity contribution in [1.29, 1.82) is 0 Å². The Morgan fingerprint density at radius 2 is 2.06 bits per heavy atom. The lowest BCUT2D eigenvalue weighted by atomic mass is 9.89. The van der Waals surface area contributed by atoms with Crippen LogP contribution in [0.2, 0.25) is 0 Å². The zero-order chi connectivity index (χ0) is 21.5. The highest BCUT2D eigenvalue weighted by atomic mass is 32.2. The van der Waals surface area contributed by atoms with Crippen LogP contribution >= 0.6 is 23.1 Å². The topological polar surface area (TPSA) is 72.0 Å². The average molecular weight is 452 g/mol. The molecule has 0 saturated heterocycles. The zero-order valence-corrected chi connectivity index (χ0v) is 19.4. The molecule has 1 amide bonds. The highest BCUT2D eigenvalue weighted by Gasteiger charge is 2.30. The van der Waals surface area contributed by atoms with Crippen molar-refractivity contribution in [2.75, 3.05) is 11.1 Å². The first-order valence-electron chi connectivity index (χ1n) is 10.8. The molecule has 31 heavy (non-hydrogen) atoms. The van der Waals surface area contributed by atoms with Gasteiger partial charge in [0, 0.05) is 27.4 Å². The number of hydrogen-bond acceptors (Lipinski definition) is 6. The smallest absolute Gasteiger partial charge is 0.234 e. The SMILES string of the molecule is CC(=O)c1cccc(NC(=O)CSc2nc(C3CC3)nc3sc4c(c23)CC[C@H](C)C4)c1. The van der Waals surface area contributed by atoms with Crippen LogP contribution in [0.5, 0.6) is 0 Å². The van der Waals surface area contributed by atoms with E-state index in [2.05, 4.69) is 12.2 Å². The third-order valence-corrected chi connectivity index (χ3v) is 8.10. The van der Waals surface area contributed by atoms with Crippen molar-refractivity contribution >= 4 is 50.7 Å². The van der Waals surface area contributed by atoms with Crippen LogP contribution < -0.4 is 5.32 Å². The number of rotatable bonds is 6. The molecule has 0 bridgehead atoms. The molecule has 1 fully saturated rings. The van der Waals surface area contributed by atoms with Gasteiger partial charge >= 0.3 is 0 Å². The van der Waals surface area contributed by atoms with Crippen molar-refractivity contribution in [3.05, 3.63) is 46.1 Å². The molecule has 2 aromatic heterocycles. The van der Waals surface area contributed by atoms with Gasteiger partial charge in [-0.1, -0.05) is 30.8 Å². The number of Topliss-reactive ketones (excluding diaryl/α,β-unsaturated/α-hetero) is 1. The molecule has 1 atom stereocenters. The van der Waals surface area contributed by atoms with Crippen LogP contribution in [0.3, 0.4) is 0 Å². The van der Waals surface area contributed by atoms with Crippen molar-refractivity contribution in [3.8, 4) is 0 Å². The summed E-state index contributed by atoms with van der Waals surface area (Å²) < 4.78 is 0. The molecule has 3 aromatic rings. The van der Waals surface area contributed by atoms with Gasteiger partial charge in [-0.3, -0.25) is 9.59 Å². The summed E-state index contributed by atoms with van der Waals surface area (Å²) in [7, 11) is 0. The molecule has 2 aliphatic carbocycles. The van der Waals surface area contributed by atoms with E-state index in [-0.39, 0.29) is 17.4 Å². The molecule has 2 heterocycles. The van der Waals surface area contributed by atoms with Gasteiger partial charge < -0.3 is 5.32 Å². The number of nitrogens with zero attached hydrogens (tertiary/aromatic N) is 2. The number of carbonyl (C=O) groups is 2. The summed E-state index contributed by atoms with van der Waals surface area (Å²) in [5.74, 6) is 2.30. The maximum Gasteiger partial charge on any atom is 0.234 e. The van der Waals surface area contributed by atoms with Gasteiger partial charge in [-0.15, -0.1) is 11.3 Å². The minimum absolute atomic E-state index is 0.0157. The second-order valence-corrected chi connectivity index (χ2v) is 10.7. The Morgan fingerprint density at radius 3 is 2.84 bits per heavy atom. The van der Waals surface area contributed by atoms with Gasteiger partial charge in [0.05, 0.1) is 5.75 Å². The molecule has 5 nitrogen and oxygen atoms in total. The molecule has 5 rings (SSSR count). The second kappa shape index (κ2) is 8.36. The first kappa shape index (κ1) is 20.6. The van der Waals surface area contributed by atoms with E-state index in [1.165, 1.54) is 40.9 Å². The van der Waals surface area contributed by atoms with Gasteiger partial charge in [-0.2, -0.15) is 0 Å². The Morgan fingerprint density at radius 1 is 1.23 bits per heavy atom. The monoisotopic (exact) mass is 451 g/mol. The van der Waals surface area contributed by atoms with Gasteiger partial charge in [0.1, 0.15) is 15.7 Å². The number of benzene rings is 1. The number of thioether (sulfide) groups is 1. The predicted molar refractivity (Wildman–Crippen MR) is 126 cm³/mol. The lowest BCUT2D eigenvalue weighted by molar-refractivity contribution is -0.113. The van der Waals surface area contributed by atoms with Gasteiger partial charge in [0.25, 0.3) is 0 Å². The standard InChI is InChI=1S/C24H25N3O2S2/c1-13-6-9-18-19(10-13)31-24-21(18)23(26-22(27-24)15-7-8-15)30-12-20(29)25-17-5-3-4-16(11-17)14(2)28/h3-5,11,13,15H,6-10,12H2,1-2H3,(H,25,29)/t13-/m0/s1.